The fourth-order valence-electron chi connectivity index (χ4n) is 3.73. The maximum absolute atomic E-state index is 11.4. The fourth-order valence-corrected chi connectivity index (χ4v) is 5.00. The molecule has 1 aliphatic carbocycles. The first kappa shape index (κ1) is 16.2. The monoisotopic (exact) mass is 304 g/mol. The van der Waals surface area contributed by atoms with Gasteiger partial charge in [0, 0.05) is 18.6 Å². The summed E-state index contributed by atoms with van der Waals surface area (Å²) in [4.78, 5) is 2.26. The van der Waals surface area contributed by atoms with Crippen LogP contribution in [0.4, 0.5) is 0 Å². The van der Waals surface area contributed by atoms with Gasteiger partial charge in [-0.15, -0.1) is 0 Å². The molecule has 0 spiro atoms. The number of nitrogens with one attached hydrogen (secondary N) is 1. The van der Waals surface area contributed by atoms with Crippen molar-refractivity contribution < 1.29 is 13.5 Å². The van der Waals surface area contributed by atoms with Crippen molar-refractivity contribution in [3.05, 3.63) is 0 Å². The number of nitrogens with zero attached hydrogens (tertiary/aromatic N) is 1. The van der Waals surface area contributed by atoms with E-state index in [1.807, 2.05) is 0 Å². The molecule has 0 amide bonds. The fraction of sp³-hybridized carbons (Fsp3) is 1.00. The minimum Gasteiger partial charge on any atom is -0.394 e. The topological polar surface area (TPSA) is 69.6 Å². The van der Waals surface area contributed by atoms with Gasteiger partial charge in [0.2, 0.25) is 0 Å². The number of hydrogen-bond donors (Lipinski definition) is 2. The molecule has 0 aromatic rings. The van der Waals surface area contributed by atoms with E-state index in [2.05, 4.69) is 17.1 Å². The number of likely N-dealkylation sites (N-methyl/N-ethyl adjacent to an activating group) is 1. The van der Waals surface area contributed by atoms with Crippen LogP contribution in [0.5, 0.6) is 0 Å². The molecule has 0 bridgehead atoms. The molecule has 6 heteroatoms. The van der Waals surface area contributed by atoms with Gasteiger partial charge in [-0.3, -0.25) is 0 Å². The third-order valence-corrected chi connectivity index (χ3v) is 6.61. The van der Waals surface area contributed by atoms with Crippen molar-refractivity contribution >= 4 is 9.84 Å². The Bertz CT molecular complexity index is 399. The lowest BCUT2D eigenvalue weighted by Crippen LogP contribution is -2.52. The number of rotatable bonds is 6. The molecule has 2 atom stereocenters. The third kappa shape index (κ3) is 3.72. The Morgan fingerprint density at radius 3 is 2.65 bits per heavy atom. The minimum atomic E-state index is -2.78. The van der Waals surface area contributed by atoms with E-state index < -0.39 is 9.84 Å². The maximum atomic E-state index is 11.4. The largest absolute Gasteiger partial charge is 0.394 e. The number of sulfone groups is 1. The first-order valence-electron chi connectivity index (χ1n) is 7.80. The number of aliphatic hydroxyl groups is 1. The molecular formula is C14H28N2O3S. The van der Waals surface area contributed by atoms with Gasteiger partial charge in [-0.1, -0.05) is 13.3 Å². The molecule has 1 saturated heterocycles. The lowest BCUT2D eigenvalue weighted by molar-refractivity contribution is 0.113. The summed E-state index contributed by atoms with van der Waals surface area (Å²) < 4.78 is 22.8. The van der Waals surface area contributed by atoms with Crippen LogP contribution in [0.25, 0.3) is 0 Å². The van der Waals surface area contributed by atoms with Crippen molar-refractivity contribution in [2.75, 3.05) is 44.3 Å². The molecule has 2 N–H and O–H groups in total. The summed E-state index contributed by atoms with van der Waals surface area (Å²) in [5, 5.41) is 13.3. The molecule has 2 fully saturated rings. The molecule has 1 saturated carbocycles. The smallest absolute Gasteiger partial charge is 0.152 e. The van der Waals surface area contributed by atoms with E-state index in [1.54, 1.807) is 0 Å². The predicted octanol–water partition coefficient (Wildman–Crippen LogP) is 0.248. The number of aliphatic hydroxyl groups excluding tert-OH is 1. The second kappa shape index (κ2) is 6.73. The third-order valence-electron chi connectivity index (χ3n) is 5.00. The molecule has 0 radical (unpaired) electrons. The Morgan fingerprint density at radius 1 is 1.35 bits per heavy atom. The zero-order valence-corrected chi connectivity index (χ0v) is 13.3. The standard InChI is InChI=1S/C14H28N2O3S/c1-2-15-14(12-17)6-3-4-13(14)5-7-16-8-10-20(18,19)11-9-16/h13,15,17H,2-12H2,1H3. The Labute approximate surface area is 122 Å². The SMILES string of the molecule is CCNC1(CO)CCCC1CCN1CCS(=O)(=O)CC1. The summed E-state index contributed by atoms with van der Waals surface area (Å²) in [6.45, 7) is 5.47. The van der Waals surface area contributed by atoms with E-state index in [4.69, 9.17) is 0 Å². The summed E-state index contributed by atoms with van der Waals surface area (Å²) in [5.41, 5.74) is -0.101. The first-order valence-corrected chi connectivity index (χ1v) is 9.62. The highest BCUT2D eigenvalue weighted by Gasteiger charge is 2.41. The van der Waals surface area contributed by atoms with Crippen LogP contribution in [-0.2, 0) is 9.84 Å². The Morgan fingerprint density at radius 2 is 2.05 bits per heavy atom. The van der Waals surface area contributed by atoms with Crippen molar-refractivity contribution in [2.24, 2.45) is 5.92 Å². The molecule has 1 heterocycles. The van der Waals surface area contributed by atoms with Crippen LogP contribution >= 0.6 is 0 Å². The average Bonchev–Trinajstić information content (AvgIpc) is 2.81. The first-order chi connectivity index (χ1) is 9.51. The molecule has 2 aliphatic rings. The molecule has 5 nitrogen and oxygen atoms in total. The van der Waals surface area contributed by atoms with E-state index in [9.17, 15) is 13.5 Å². The van der Waals surface area contributed by atoms with E-state index in [1.165, 1.54) is 12.8 Å². The highest BCUT2D eigenvalue weighted by Crippen LogP contribution is 2.37. The Hall–Kier alpha value is -0.170. The van der Waals surface area contributed by atoms with Gasteiger partial charge in [0.25, 0.3) is 0 Å². The van der Waals surface area contributed by atoms with Crippen LogP contribution in [0, 0.1) is 5.92 Å². The highest BCUT2D eigenvalue weighted by molar-refractivity contribution is 7.91. The van der Waals surface area contributed by atoms with Gasteiger partial charge in [-0.2, -0.15) is 0 Å². The van der Waals surface area contributed by atoms with Crippen molar-refractivity contribution in [2.45, 2.75) is 38.1 Å². The van der Waals surface area contributed by atoms with Crippen LogP contribution in [0.3, 0.4) is 0 Å². The predicted molar refractivity (Wildman–Crippen MR) is 80.5 cm³/mol. The second-order valence-electron chi connectivity index (χ2n) is 6.22. The molecule has 2 unspecified atom stereocenters. The molecule has 118 valence electrons. The Kier molecular flexibility index (Phi) is 5.45. The summed E-state index contributed by atoms with van der Waals surface area (Å²) in [6, 6.07) is 0. The van der Waals surface area contributed by atoms with Gasteiger partial charge in [-0.05, 0) is 38.3 Å². The minimum absolute atomic E-state index is 0.101. The zero-order valence-electron chi connectivity index (χ0n) is 12.5. The van der Waals surface area contributed by atoms with Crippen LogP contribution < -0.4 is 5.32 Å². The summed E-state index contributed by atoms with van der Waals surface area (Å²) in [6.07, 6.45) is 4.44. The van der Waals surface area contributed by atoms with E-state index in [0.717, 1.165) is 25.9 Å². The van der Waals surface area contributed by atoms with Gasteiger partial charge in [0.05, 0.1) is 18.1 Å². The number of hydrogen-bond acceptors (Lipinski definition) is 5. The molecular weight excluding hydrogens is 276 g/mol. The van der Waals surface area contributed by atoms with E-state index in [0.29, 0.717) is 30.5 Å². The van der Waals surface area contributed by atoms with Crippen molar-refractivity contribution in [3.63, 3.8) is 0 Å². The van der Waals surface area contributed by atoms with Crippen LogP contribution in [0.2, 0.25) is 0 Å². The lowest BCUT2D eigenvalue weighted by Gasteiger charge is -2.36. The normalized spacial score (nSPS) is 34.4. The van der Waals surface area contributed by atoms with E-state index >= 15 is 0 Å². The quantitative estimate of drug-likeness (QED) is 0.736. The summed E-state index contributed by atoms with van der Waals surface area (Å²) in [5.74, 6) is 1.11. The second-order valence-corrected chi connectivity index (χ2v) is 8.52. The summed E-state index contributed by atoms with van der Waals surface area (Å²) in [7, 11) is -2.78. The van der Waals surface area contributed by atoms with E-state index in [-0.39, 0.29) is 12.1 Å². The van der Waals surface area contributed by atoms with Crippen molar-refractivity contribution in [1.82, 2.24) is 10.2 Å². The van der Waals surface area contributed by atoms with Gasteiger partial charge < -0.3 is 15.3 Å². The molecule has 0 aromatic heterocycles. The molecule has 2 rings (SSSR count). The average molecular weight is 304 g/mol. The highest BCUT2D eigenvalue weighted by atomic mass is 32.2. The molecule has 1 aliphatic heterocycles. The van der Waals surface area contributed by atoms with Crippen LogP contribution in [0.1, 0.15) is 32.6 Å². The molecule has 0 aromatic carbocycles. The zero-order chi connectivity index (χ0) is 14.6. The lowest BCUT2D eigenvalue weighted by atomic mass is 9.85. The van der Waals surface area contributed by atoms with Gasteiger partial charge >= 0.3 is 0 Å². The maximum Gasteiger partial charge on any atom is 0.152 e. The van der Waals surface area contributed by atoms with Crippen LogP contribution in [0.15, 0.2) is 0 Å². The van der Waals surface area contributed by atoms with Crippen molar-refractivity contribution in [3.8, 4) is 0 Å². The van der Waals surface area contributed by atoms with Gasteiger partial charge in [0.15, 0.2) is 9.84 Å². The molecule has 20 heavy (non-hydrogen) atoms. The van der Waals surface area contributed by atoms with Gasteiger partial charge in [0.1, 0.15) is 0 Å². The van der Waals surface area contributed by atoms with Gasteiger partial charge in [-0.25, -0.2) is 8.42 Å². The Balaban J connectivity index is 1.84. The summed E-state index contributed by atoms with van der Waals surface area (Å²) >= 11 is 0. The van der Waals surface area contributed by atoms with Crippen LogP contribution in [-0.4, -0.2) is 68.3 Å². The van der Waals surface area contributed by atoms with Crippen molar-refractivity contribution in [1.29, 1.82) is 0 Å².